The van der Waals surface area contributed by atoms with Crippen molar-refractivity contribution in [2.45, 2.75) is 38.9 Å². The standard InChI is InChI=1S/C19H28N6O3S/c1-4-20-17(27)21-16(26)12-29-19-23-22-18(24-9-13(2)8-14(3)10-24)25(19)11-15-6-5-7-28-15/h5-7,13-14H,4,8-12H2,1-3H3,(H2,20,21,26,27)/t13-,14-/m0/s1. The number of amides is 3. The number of hydrogen-bond donors (Lipinski definition) is 2. The summed E-state index contributed by atoms with van der Waals surface area (Å²) in [7, 11) is 0. The van der Waals surface area contributed by atoms with Gasteiger partial charge in [0.2, 0.25) is 11.9 Å². The molecule has 3 amide bonds. The maximum Gasteiger partial charge on any atom is 0.321 e. The van der Waals surface area contributed by atoms with Crippen LogP contribution in [0.25, 0.3) is 0 Å². The number of anilines is 1. The van der Waals surface area contributed by atoms with Gasteiger partial charge in [0.1, 0.15) is 5.76 Å². The Morgan fingerprint density at radius 2 is 2.03 bits per heavy atom. The van der Waals surface area contributed by atoms with E-state index in [0.29, 0.717) is 30.1 Å². The summed E-state index contributed by atoms with van der Waals surface area (Å²) in [6, 6.07) is 3.26. The minimum Gasteiger partial charge on any atom is -0.467 e. The van der Waals surface area contributed by atoms with Gasteiger partial charge in [-0.25, -0.2) is 4.79 Å². The van der Waals surface area contributed by atoms with Crippen LogP contribution in [0.15, 0.2) is 28.0 Å². The van der Waals surface area contributed by atoms with Crippen LogP contribution in [0.2, 0.25) is 0 Å². The van der Waals surface area contributed by atoms with Crippen LogP contribution in [-0.4, -0.2) is 52.1 Å². The number of hydrogen-bond acceptors (Lipinski definition) is 7. The van der Waals surface area contributed by atoms with Crippen LogP contribution in [-0.2, 0) is 11.3 Å². The number of rotatable bonds is 7. The van der Waals surface area contributed by atoms with Gasteiger partial charge in [0.05, 0.1) is 18.6 Å². The summed E-state index contributed by atoms with van der Waals surface area (Å²) in [6.07, 6.45) is 2.83. The third kappa shape index (κ3) is 5.75. The van der Waals surface area contributed by atoms with Gasteiger partial charge in [-0.1, -0.05) is 25.6 Å². The minimum absolute atomic E-state index is 0.0697. The van der Waals surface area contributed by atoms with Crippen molar-refractivity contribution in [3.63, 3.8) is 0 Å². The molecule has 29 heavy (non-hydrogen) atoms. The highest BCUT2D eigenvalue weighted by Crippen LogP contribution is 2.28. The van der Waals surface area contributed by atoms with Gasteiger partial charge in [-0.3, -0.25) is 14.7 Å². The highest BCUT2D eigenvalue weighted by molar-refractivity contribution is 7.99. The normalized spacial score (nSPS) is 19.2. The fourth-order valence-electron chi connectivity index (χ4n) is 3.64. The lowest BCUT2D eigenvalue weighted by molar-refractivity contribution is -0.117. The second-order valence-electron chi connectivity index (χ2n) is 7.50. The fraction of sp³-hybridized carbons (Fsp3) is 0.579. The van der Waals surface area contributed by atoms with E-state index in [-0.39, 0.29) is 11.7 Å². The van der Waals surface area contributed by atoms with Crippen LogP contribution in [0, 0.1) is 11.8 Å². The number of furan rings is 1. The summed E-state index contributed by atoms with van der Waals surface area (Å²) < 4.78 is 7.49. The Hall–Kier alpha value is -2.49. The quantitative estimate of drug-likeness (QED) is 0.662. The topological polar surface area (TPSA) is 105 Å². The zero-order valence-electron chi connectivity index (χ0n) is 17.1. The molecule has 2 aromatic rings. The maximum atomic E-state index is 12.0. The molecule has 0 bridgehead atoms. The Morgan fingerprint density at radius 1 is 1.28 bits per heavy atom. The minimum atomic E-state index is -0.493. The van der Waals surface area contributed by atoms with Crippen molar-refractivity contribution < 1.29 is 14.0 Å². The molecule has 1 aliphatic heterocycles. The van der Waals surface area contributed by atoms with Gasteiger partial charge in [-0.2, -0.15) is 0 Å². The SMILES string of the molecule is CCNC(=O)NC(=O)CSc1nnc(N2C[C@@H](C)C[C@H](C)C2)n1Cc1ccco1. The highest BCUT2D eigenvalue weighted by Gasteiger charge is 2.27. The van der Waals surface area contributed by atoms with Crippen LogP contribution in [0.5, 0.6) is 0 Å². The van der Waals surface area contributed by atoms with Crippen molar-refractivity contribution in [1.29, 1.82) is 0 Å². The van der Waals surface area contributed by atoms with Gasteiger partial charge >= 0.3 is 6.03 Å². The van der Waals surface area contributed by atoms with E-state index in [0.717, 1.165) is 24.8 Å². The molecule has 3 heterocycles. The summed E-state index contributed by atoms with van der Waals surface area (Å²) in [5, 5.41) is 14.2. The lowest BCUT2D eigenvalue weighted by Gasteiger charge is -2.35. The van der Waals surface area contributed by atoms with Gasteiger partial charge in [-0.05, 0) is 37.3 Å². The zero-order chi connectivity index (χ0) is 20.8. The molecule has 1 fully saturated rings. The Kier molecular flexibility index (Phi) is 7.18. The summed E-state index contributed by atoms with van der Waals surface area (Å²) in [6.45, 7) is 9.06. The van der Waals surface area contributed by atoms with E-state index in [1.54, 1.807) is 13.2 Å². The van der Waals surface area contributed by atoms with Crippen LogP contribution in [0.1, 0.15) is 33.0 Å². The number of imide groups is 1. The van der Waals surface area contributed by atoms with Crippen LogP contribution >= 0.6 is 11.8 Å². The fourth-order valence-corrected chi connectivity index (χ4v) is 4.38. The summed E-state index contributed by atoms with van der Waals surface area (Å²) >= 11 is 1.25. The average Bonchev–Trinajstić information content (AvgIpc) is 3.30. The van der Waals surface area contributed by atoms with E-state index < -0.39 is 6.03 Å². The molecule has 9 nitrogen and oxygen atoms in total. The number of carbonyl (C=O) groups excluding carboxylic acids is 2. The highest BCUT2D eigenvalue weighted by atomic mass is 32.2. The van der Waals surface area contributed by atoms with Crippen LogP contribution in [0.3, 0.4) is 0 Å². The first-order valence-corrected chi connectivity index (χ1v) is 10.9. The lowest BCUT2D eigenvalue weighted by Crippen LogP contribution is -2.40. The van der Waals surface area contributed by atoms with E-state index >= 15 is 0 Å². The second kappa shape index (κ2) is 9.82. The number of nitrogens with one attached hydrogen (secondary N) is 2. The average molecular weight is 421 g/mol. The van der Waals surface area contributed by atoms with Crippen LogP contribution < -0.4 is 15.5 Å². The Labute approximate surface area is 174 Å². The smallest absolute Gasteiger partial charge is 0.321 e. The molecule has 10 heteroatoms. The zero-order valence-corrected chi connectivity index (χ0v) is 17.9. The summed E-state index contributed by atoms with van der Waals surface area (Å²) in [4.78, 5) is 25.8. The lowest BCUT2D eigenvalue weighted by atomic mass is 9.92. The molecule has 0 aromatic carbocycles. The molecule has 2 atom stereocenters. The van der Waals surface area contributed by atoms with E-state index in [9.17, 15) is 9.59 Å². The van der Waals surface area contributed by atoms with Gasteiger partial charge < -0.3 is 14.6 Å². The largest absolute Gasteiger partial charge is 0.467 e. The number of thioether (sulfide) groups is 1. The third-order valence-electron chi connectivity index (χ3n) is 4.67. The molecule has 0 radical (unpaired) electrons. The maximum absolute atomic E-state index is 12.0. The number of carbonyl (C=O) groups is 2. The molecule has 1 saturated heterocycles. The Bertz CT molecular complexity index is 812. The predicted octanol–water partition coefficient (Wildman–Crippen LogP) is 2.34. The molecule has 0 spiro atoms. The Morgan fingerprint density at radius 3 is 2.69 bits per heavy atom. The first-order chi connectivity index (χ1) is 14.0. The predicted molar refractivity (Wildman–Crippen MR) is 111 cm³/mol. The number of nitrogens with zero attached hydrogens (tertiary/aromatic N) is 4. The first kappa shape index (κ1) is 21.2. The number of urea groups is 1. The molecule has 3 rings (SSSR count). The van der Waals surface area contributed by atoms with Crippen molar-refractivity contribution in [2.75, 3.05) is 30.3 Å². The molecule has 0 unspecified atom stereocenters. The van der Waals surface area contributed by atoms with E-state index in [2.05, 4.69) is 39.6 Å². The van der Waals surface area contributed by atoms with Crippen molar-refractivity contribution in [3.8, 4) is 0 Å². The summed E-state index contributed by atoms with van der Waals surface area (Å²) in [5.41, 5.74) is 0. The second-order valence-corrected chi connectivity index (χ2v) is 8.44. The molecule has 158 valence electrons. The molecule has 2 N–H and O–H groups in total. The van der Waals surface area contributed by atoms with Crippen molar-refractivity contribution in [2.24, 2.45) is 11.8 Å². The van der Waals surface area contributed by atoms with E-state index in [1.165, 1.54) is 18.2 Å². The van der Waals surface area contributed by atoms with Gasteiger partial charge in [0.25, 0.3) is 0 Å². The van der Waals surface area contributed by atoms with Gasteiger partial charge in [0, 0.05) is 19.6 Å². The van der Waals surface area contributed by atoms with Crippen LogP contribution in [0.4, 0.5) is 10.7 Å². The molecular weight excluding hydrogens is 392 g/mol. The number of aromatic nitrogens is 3. The van der Waals surface area contributed by atoms with Gasteiger partial charge in [-0.15, -0.1) is 10.2 Å². The van der Waals surface area contributed by atoms with E-state index in [4.69, 9.17) is 4.42 Å². The van der Waals surface area contributed by atoms with Gasteiger partial charge in [0.15, 0.2) is 5.16 Å². The van der Waals surface area contributed by atoms with Crippen molar-refractivity contribution >= 4 is 29.6 Å². The molecule has 2 aromatic heterocycles. The first-order valence-electron chi connectivity index (χ1n) is 9.87. The van der Waals surface area contributed by atoms with Crippen molar-refractivity contribution in [3.05, 3.63) is 24.2 Å². The molecule has 0 aliphatic carbocycles. The van der Waals surface area contributed by atoms with Crippen molar-refractivity contribution in [1.82, 2.24) is 25.4 Å². The number of piperidine rings is 1. The monoisotopic (exact) mass is 420 g/mol. The Balaban J connectivity index is 1.75. The third-order valence-corrected chi connectivity index (χ3v) is 5.63. The molecule has 1 aliphatic rings. The molecular formula is C19H28N6O3S. The van der Waals surface area contributed by atoms with E-state index in [1.807, 2.05) is 16.7 Å². The summed E-state index contributed by atoms with van der Waals surface area (Å²) in [5.74, 6) is 2.41. The molecule has 0 saturated carbocycles.